The average molecular weight is 1160 g/mol. The van der Waals surface area contributed by atoms with Gasteiger partial charge in [-0.25, -0.2) is 0 Å². The molecule has 0 aliphatic rings. The van der Waals surface area contributed by atoms with Crippen LogP contribution >= 0.6 is 0 Å². The Kier molecular flexibility index (Phi) is 10.7. The van der Waals surface area contributed by atoms with Crippen molar-refractivity contribution in [3.63, 3.8) is 0 Å². The van der Waals surface area contributed by atoms with Crippen molar-refractivity contribution in [2.75, 3.05) is 0 Å². The van der Waals surface area contributed by atoms with Crippen LogP contribution in [-0.4, -0.2) is 35.3 Å². The summed E-state index contributed by atoms with van der Waals surface area (Å²) < 4.78 is 16.5. The molecule has 0 saturated heterocycles. The van der Waals surface area contributed by atoms with Gasteiger partial charge >= 0.3 is 484 Å². The molecule has 382 valence electrons. The van der Waals surface area contributed by atoms with Gasteiger partial charge in [-0.1, -0.05) is 0 Å². The summed E-state index contributed by atoms with van der Waals surface area (Å²) in [5, 5.41) is 10.2. The summed E-state index contributed by atoms with van der Waals surface area (Å²) in [4.78, 5) is 0. The van der Waals surface area contributed by atoms with Crippen LogP contribution < -0.4 is 35.2 Å². The SMILES string of the molecule is c1cc[c]([Ge]([c]2ccccc2)([c]2ccccc2)[c]2cccc(-c3c4c5cccc6c7ccccc7n(c4c(-c4ccc[c]([Ge]([c]7ccccc7)([c]7ccccc7)[c]7ccccc7)c4)c4c7cccc8c9ccccc9n(c34)c87)c65)c2)cc1. The first-order chi connectivity index (χ1) is 40.7. The zero-order valence-corrected chi connectivity index (χ0v) is 49.1. The van der Waals surface area contributed by atoms with Crippen molar-refractivity contribution < 1.29 is 0 Å². The van der Waals surface area contributed by atoms with Crippen LogP contribution in [0.3, 0.4) is 0 Å². The van der Waals surface area contributed by atoms with Gasteiger partial charge < -0.3 is 0 Å². The standard InChI is InChI=1S/C78H52Ge2N2/c1-7-29-55(30-8-1)79(56-31-9-2-10-32-56,57-33-11-3-12-34-57)61-41-23-27-53(51-61)71-73-67-47-25-45-65-64-44-20-22-50-70(64)82(75(65)67)78(73)72(74-68-48-26-46-66-63-43-19-21-49-69(63)81(76(66)68)77(71)74)54-28-24-42-62(52-54)80(58-35-13-4-14-36-58,59-37-15-5-16-38-59)60-39-17-6-18-40-60/h1-52H. The first kappa shape index (κ1) is 47.4. The van der Waals surface area contributed by atoms with Gasteiger partial charge in [-0.05, 0) is 0 Å². The molecule has 0 spiro atoms. The number of benzene rings is 13. The molecule has 4 heterocycles. The van der Waals surface area contributed by atoms with Gasteiger partial charge in [0.25, 0.3) is 0 Å². The number of nitrogens with zero attached hydrogens (tertiary/aromatic N) is 2. The third kappa shape index (κ3) is 6.53. The van der Waals surface area contributed by atoms with Crippen LogP contribution in [0.2, 0.25) is 0 Å². The molecular weight excluding hydrogens is 1110 g/mol. The second-order valence-corrected chi connectivity index (χ2v) is 38.1. The summed E-state index contributed by atoms with van der Waals surface area (Å²) in [5.41, 5.74) is 12.4. The van der Waals surface area contributed by atoms with E-state index in [0.29, 0.717) is 0 Å². The summed E-state index contributed by atoms with van der Waals surface area (Å²) in [6.07, 6.45) is 0. The van der Waals surface area contributed by atoms with Crippen LogP contribution in [0.1, 0.15) is 0 Å². The fourth-order valence-electron chi connectivity index (χ4n) is 15.1. The quantitative estimate of drug-likeness (QED) is 0.121. The van der Waals surface area contributed by atoms with Gasteiger partial charge in [-0.2, -0.15) is 0 Å². The number of rotatable bonds is 10. The Hall–Kier alpha value is -9.45. The zero-order valence-electron chi connectivity index (χ0n) is 44.9. The molecule has 17 rings (SSSR count). The Bertz CT molecular complexity index is 4720. The van der Waals surface area contributed by atoms with E-state index in [2.05, 4.69) is 324 Å². The maximum absolute atomic E-state index is 3.78. The Morgan fingerprint density at radius 3 is 0.780 bits per heavy atom. The van der Waals surface area contributed by atoms with Crippen molar-refractivity contribution in [1.29, 1.82) is 0 Å². The van der Waals surface area contributed by atoms with Crippen molar-refractivity contribution in [3.8, 4) is 22.3 Å². The fourth-order valence-corrected chi connectivity index (χ4v) is 35.2. The van der Waals surface area contributed by atoms with E-state index >= 15 is 0 Å². The van der Waals surface area contributed by atoms with E-state index in [1.54, 1.807) is 0 Å². The summed E-state index contributed by atoms with van der Waals surface area (Å²) in [5.74, 6) is 0. The molecule has 0 aliphatic carbocycles. The molecule has 0 saturated carbocycles. The normalized spacial score (nSPS) is 12.4. The minimum absolute atomic E-state index is 1.22. The summed E-state index contributed by atoms with van der Waals surface area (Å²) >= 11 is -7.57. The number of hydrogen-bond donors (Lipinski definition) is 0. The van der Waals surface area contributed by atoms with E-state index in [4.69, 9.17) is 0 Å². The van der Waals surface area contributed by atoms with Crippen molar-refractivity contribution in [2.45, 2.75) is 0 Å². The molecule has 13 aromatic carbocycles. The van der Waals surface area contributed by atoms with Crippen molar-refractivity contribution in [1.82, 2.24) is 8.80 Å². The van der Waals surface area contributed by atoms with Crippen LogP contribution in [-0.2, 0) is 0 Å². The maximum atomic E-state index is 2.66. The fraction of sp³-hybridized carbons (Fsp3) is 0. The molecule has 0 unspecified atom stereocenters. The van der Waals surface area contributed by atoms with E-state index in [0.717, 1.165) is 0 Å². The molecule has 2 nitrogen and oxygen atoms in total. The number of fused-ring (bicyclic) bond motifs is 12. The predicted octanol–water partition coefficient (Wildman–Crippen LogP) is 14.1. The Balaban J connectivity index is 1.09. The van der Waals surface area contributed by atoms with Crippen LogP contribution in [0.15, 0.2) is 315 Å². The summed E-state index contributed by atoms with van der Waals surface area (Å²) in [6, 6.07) is 121. The van der Waals surface area contributed by atoms with Gasteiger partial charge in [0.05, 0.1) is 0 Å². The van der Waals surface area contributed by atoms with E-state index < -0.39 is 26.5 Å². The predicted molar refractivity (Wildman–Crippen MR) is 354 cm³/mol. The van der Waals surface area contributed by atoms with E-state index in [1.165, 1.54) is 134 Å². The molecule has 0 radical (unpaired) electrons. The zero-order chi connectivity index (χ0) is 53.9. The molecule has 82 heavy (non-hydrogen) atoms. The molecule has 4 aromatic heterocycles. The van der Waals surface area contributed by atoms with Gasteiger partial charge in [0.1, 0.15) is 0 Å². The molecule has 4 heteroatoms. The Morgan fingerprint density at radius 1 is 0.195 bits per heavy atom. The summed E-state index contributed by atoms with van der Waals surface area (Å²) in [7, 11) is 0. The van der Waals surface area contributed by atoms with Crippen molar-refractivity contribution in [2.24, 2.45) is 0 Å². The van der Waals surface area contributed by atoms with Gasteiger partial charge in [0.2, 0.25) is 0 Å². The molecule has 0 N–H and O–H groups in total. The number of para-hydroxylation sites is 4. The molecule has 0 bridgehead atoms. The first-order valence-electron chi connectivity index (χ1n) is 28.6. The van der Waals surface area contributed by atoms with Crippen LogP contribution in [0.25, 0.3) is 98.4 Å². The minimum atomic E-state index is -3.78. The third-order valence-corrected chi connectivity index (χ3v) is 38.3. The van der Waals surface area contributed by atoms with Crippen molar-refractivity contribution in [3.05, 3.63) is 315 Å². The molecule has 0 aliphatic heterocycles. The summed E-state index contributed by atoms with van der Waals surface area (Å²) in [6.45, 7) is 0. The van der Waals surface area contributed by atoms with Crippen LogP contribution in [0, 0.1) is 0 Å². The topological polar surface area (TPSA) is 8.82 Å². The second kappa shape index (κ2) is 18.5. The Labute approximate surface area is 480 Å². The van der Waals surface area contributed by atoms with Crippen LogP contribution in [0.4, 0.5) is 0 Å². The van der Waals surface area contributed by atoms with E-state index in [9.17, 15) is 0 Å². The number of aromatic nitrogens is 2. The molecule has 0 atom stereocenters. The molecule has 0 amide bonds. The second-order valence-electron chi connectivity index (χ2n) is 22.2. The van der Waals surface area contributed by atoms with Gasteiger partial charge in [-0.15, -0.1) is 0 Å². The van der Waals surface area contributed by atoms with Gasteiger partial charge in [-0.3, -0.25) is 0 Å². The van der Waals surface area contributed by atoms with Crippen molar-refractivity contribution >= 4 is 138 Å². The van der Waals surface area contributed by atoms with Gasteiger partial charge in [0.15, 0.2) is 0 Å². The molecular formula is C78H52Ge2N2. The molecule has 17 aromatic rings. The number of hydrogen-bond acceptors (Lipinski definition) is 0. The van der Waals surface area contributed by atoms with Gasteiger partial charge in [0, 0.05) is 0 Å². The third-order valence-electron chi connectivity index (χ3n) is 18.2. The van der Waals surface area contributed by atoms with E-state index in [-0.39, 0.29) is 0 Å². The Morgan fingerprint density at radius 2 is 0.451 bits per heavy atom. The van der Waals surface area contributed by atoms with E-state index in [1.807, 2.05) is 0 Å². The monoisotopic (exact) mass is 1160 g/mol. The molecule has 0 fully saturated rings. The van der Waals surface area contributed by atoms with Crippen LogP contribution in [0.5, 0.6) is 0 Å². The average Bonchev–Trinajstić information content (AvgIpc) is 2.98. The first-order valence-corrected chi connectivity index (χ1v) is 37.0.